The quantitative estimate of drug-likeness (QED) is 0.343. The van der Waals surface area contributed by atoms with Crippen LogP contribution >= 0.6 is 15.9 Å². The van der Waals surface area contributed by atoms with Gasteiger partial charge in [0.25, 0.3) is 5.56 Å². The van der Waals surface area contributed by atoms with E-state index in [4.69, 9.17) is 0 Å². The Kier molecular flexibility index (Phi) is 6.44. The van der Waals surface area contributed by atoms with Crippen molar-refractivity contribution in [3.8, 4) is 0 Å². The van der Waals surface area contributed by atoms with Gasteiger partial charge >= 0.3 is 0 Å². The first kappa shape index (κ1) is 22.9. The zero-order valence-corrected chi connectivity index (χ0v) is 19.8. The van der Waals surface area contributed by atoms with Crippen LogP contribution in [0.15, 0.2) is 52.0 Å². The van der Waals surface area contributed by atoms with E-state index in [0.717, 1.165) is 23.2 Å². The number of pyridine rings is 1. The molecule has 4 N–H and O–H groups in total. The molecule has 3 aromatic rings. The van der Waals surface area contributed by atoms with Gasteiger partial charge in [0.1, 0.15) is 5.69 Å². The van der Waals surface area contributed by atoms with Gasteiger partial charge in [-0.05, 0) is 51.8 Å². The number of sulfonamides is 1. The number of benzene rings is 1. The average molecular weight is 534 g/mol. The van der Waals surface area contributed by atoms with Crippen LogP contribution in [0.3, 0.4) is 0 Å². The zero-order valence-electron chi connectivity index (χ0n) is 17.4. The maximum Gasteiger partial charge on any atom is 0.274 e. The lowest BCUT2D eigenvalue weighted by molar-refractivity contribution is -0.115. The molecule has 0 atom stereocenters. The van der Waals surface area contributed by atoms with Gasteiger partial charge in [0.15, 0.2) is 5.82 Å². The second-order valence-electron chi connectivity index (χ2n) is 7.32. The fourth-order valence-electron chi connectivity index (χ4n) is 3.24. The van der Waals surface area contributed by atoms with Gasteiger partial charge in [-0.25, -0.2) is 18.1 Å². The van der Waals surface area contributed by atoms with E-state index in [1.54, 1.807) is 24.5 Å². The van der Waals surface area contributed by atoms with Crippen LogP contribution in [0.1, 0.15) is 5.56 Å². The number of fused-ring (bicyclic) bond motifs is 1. The lowest BCUT2D eigenvalue weighted by Crippen LogP contribution is -2.30. The van der Waals surface area contributed by atoms with Crippen molar-refractivity contribution in [2.24, 2.45) is 0 Å². The number of rotatable bonds is 8. The first-order valence-electron chi connectivity index (χ1n) is 9.81. The Morgan fingerprint density at radius 2 is 2.03 bits per heavy atom. The zero-order chi connectivity index (χ0) is 23.6. The van der Waals surface area contributed by atoms with Crippen molar-refractivity contribution in [3.63, 3.8) is 0 Å². The molecule has 0 unspecified atom stereocenters. The number of hydrogen-bond donors (Lipinski definition) is 4. The highest BCUT2D eigenvalue weighted by Gasteiger charge is 2.18. The molecule has 0 bridgehead atoms. The summed E-state index contributed by atoms with van der Waals surface area (Å²) < 4.78 is 26.8. The Morgan fingerprint density at radius 1 is 1.21 bits per heavy atom. The number of nitrogens with one attached hydrogen (secondary N) is 4. The van der Waals surface area contributed by atoms with Crippen molar-refractivity contribution >= 4 is 60.7 Å². The van der Waals surface area contributed by atoms with Gasteiger partial charge in [0.05, 0.1) is 17.1 Å². The Morgan fingerprint density at radius 3 is 2.82 bits per heavy atom. The summed E-state index contributed by atoms with van der Waals surface area (Å²) in [6.45, 7) is 0.268. The van der Waals surface area contributed by atoms with Gasteiger partial charge in [-0.1, -0.05) is 0 Å². The van der Waals surface area contributed by atoms with Crippen molar-refractivity contribution in [1.82, 2.24) is 19.3 Å². The number of hydrogen-bond acceptors (Lipinski definition) is 8. The molecule has 13 heteroatoms. The van der Waals surface area contributed by atoms with Crippen LogP contribution in [0.5, 0.6) is 0 Å². The van der Waals surface area contributed by atoms with Crippen molar-refractivity contribution in [2.75, 3.05) is 28.8 Å². The summed E-state index contributed by atoms with van der Waals surface area (Å²) in [5.74, 6) is 0.621. The van der Waals surface area contributed by atoms with Crippen LogP contribution in [-0.4, -0.2) is 41.7 Å². The smallest absolute Gasteiger partial charge is 0.274 e. The predicted octanol–water partition coefficient (Wildman–Crippen LogP) is 1.93. The van der Waals surface area contributed by atoms with E-state index in [1.165, 1.54) is 4.57 Å². The van der Waals surface area contributed by atoms with Crippen molar-refractivity contribution in [2.45, 2.75) is 13.0 Å². The second kappa shape index (κ2) is 9.29. The van der Waals surface area contributed by atoms with Gasteiger partial charge in [-0.3, -0.25) is 9.59 Å². The molecule has 4 rings (SSSR count). The monoisotopic (exact) mass is 533 g/mol. The fraction of sp³-hybridized carbons (Fsp3) is 0.200. The highest BCUT2D eigenvalue weighted by Crippen LogP contribution is 2.28. The molecule has 0 fully saturated rings. The second-order valence-corrected chi connectivity index (χ2v) is 10.0. The molecule has 1 amide bonds. The van der Waals surface area contributed by atoms with Gasteiger partial charge in [0.2, 0.25) is 21.9 Å². The molecule has 0 spiro atoms. The minimum absolute atomic E-state index is 0.0471. The largest absolute Gasteiger partial charge is 0.335 e. The molecule has 0 radical (unpaired) electrons. The number of anilines is 5. The molecule has 11 nitrogen and oxygen atoms in total. The third-order valence-corrected chi connectivity index (χ3v) is 6.03. The van der Waals surface area contributed by atoms with E-state index >= 15 is 0 Å². The number of carbonyl (C=O) groups is 1. The van der Waals surface area contributed by atoms with Crippen LogP contribution in [0, 0.1) is 0 Å². The van der Waals surface area contributed by atoms with Crippen LogP contribution < -0.4 is 26.2 Å². The molecule has 33 heavy (non-hydrogen) atoms. The minimum atomic E-state index is -3.34. The average Bonchev–Trinajstić information content (AvgIpc) is 3.11. The Labute approximate surface area is 197 Å². The molecule has 0 saturated carbocycles. The lowest BCUT2D eigenvalue weighted by Gasteiger charge is -2.12. The summed E-state index contributed by atoms with van der Waals surface area (Å²) in [7, 11) is -3.34. The van der Waals surface area contributed by atoms with Crippen molar-refractivity contribution in [1.29, 1.82) is 0 Å². The summed E-state index contributed by atoms with van der Waals surface area (Å²) >= 11 is 3.38. The van der Waals surface area contributed by atoms with E-state index in [-0.39, 0.29) is 30.2 Å². The molecule has 0 saturated heterocycles. The highest BCUT2D eigenvalue weighted by molar-refractivity contribution is 9.10. The fourth-order valence-corrected chi connectivity index (χ4v) is 3.99. The SMILES string of the molecule is CS(=O)(=O)NCCn1cccc(Nc2nc(Nc3ccc4c(c3)CC(=O)N4)ncc2Br)c1=O. The molecular weight excluding hydrogens is 514 g/mol. The Bertz CT molecular complexity index is 1390. The number of nitrogens with zero attached hydrogens (tertiary/aromatic N) is 3. The molecule has 1 aliphatic rings. The summed E-state index contributed by atoms with van der Waals surface area (Å²) in [6.07, 6.45) is 4.50. The molecule has 2 aromatic heterocycles. The summed E-state index contributed by atoms with van der Waals surface area (Å²) in [5.41, 5.74) is 2.33. The first-order valence-corrected chi connectivity index (χ1v) is 12.5. The van der Waals surface area contributed by atoms with E-state index in [9.17, 15) is 18.0 Å². The molecule has 3 heterocycles. The highest BCUT2D eigenvalue weighted by atomic mass is 79.9. The number of aromatic nitrogens is 3. The maximum atomic E-state index is 12.8. The first-order chi connectivity index (χ1) is 15.7. The molecule has 172 valence electrons. The number of amides is 1. The van der Waals surface area contributed by atoms with E-state index in [0.29, 0.717) is 22.7 Å². The molecule has 1 aromatic carbocycles. The normalized spacial score (nSPS) is 12.8. The molecule has 0 aliphatic carbocycles. The van der Waals surface area contributed by atoms with Crippen LogP contribution in [-0.2, 0) is 27.8 Å². The van der Waals surface area contributed by atoms with Gasteiger partial charge in [-0.15, -0.1) is 0 Å². The molecular formula is C20H20BrN7O4S. The minimum Gasteiger partial charge on any atom is -0.335 e. The van der Waals surface area contributed by atoms with Crippen LogP contribution in [0.2, 0.25) is 0 Å². The third-order valence-electron chi connectivity index (χ3n) is 4.72. The predicted molar refractivity (Wildman–Crippen MR) is 129 cm³/mol. The Hall–Kier alpha value is -3.29. The van der Waals surface area contributed by atoms with Crippen LogP contribution in [0.25, 0.3) is 0 Å². The van der Waals surface area contributed by atoms with Crippen molar-refractivity contribution in [3.05, 3.63) is 63.1 Å². The molecule has 1 aliphatic heterocycles. The van der Waals surface area contributed by atoms with Crippen molar-refractivity contribution < 1.29 is 13.2 Å². The maximum absolute atomic E-state index is 12.8. The number of halogens is 1. The summed E-state index contributed by atoms with van der Waals surface area (Å²) in [6, 6.07) is 8.76. The van der Waals surface area contributed by atoms with Gasteiger partial charge in [-0.2, -0.15) is 4.98 Å². The summed E-state index contributed by atoms with van der Waals surface area (Å²) in [5, 5.41) is 8.88. The van der Waals surface area contributed by atoms with E-state index in [2.05, 4.69) is 46.6 Å². The number of carbonyl (C=O) groups excluding carboxylic acids is 1. The van der Waals surface area contributed by atoms with E-state index < -0.39 is 10.0 Å². The van der Waals surface area contributed by atoms with Gasteiger partial charge in [0, 0.05) is 36.9 Å². The lowest BCUT2D eigenvalue weighted by atomic mass is 10.1. The van der Waals surface area contributed by atoms with E-state index in [1.807, 2.05) is 18.2 Å². The van der Waals surface area contributed by atoms with Gasteiger partial charge < -0.3 is 20.5 Å². The third kappa shape index (κ3) is 5.74. The standard InChI is InChI=1S/C20H20BrN7O4S/c1-33(31,32)23-6-8-28-7-2-3-16(19(28)30)26-18-14(21)11-22-20(27-18)24-13-4-5-15-12(9-13)10-17(29)25-15/h2-5,7,9,11,23H,6,8,10H2,1H3,(H,25,29)(H2,22,24,26,27). The topological polar surface area (TPSA) is 147 Å². The summed E-state index contributed by atoms with van der Waals surface area (Å²) in [4.78, 5) is 33.0. The Balaban J connectivity index is 1.51. The van der Waals surface area contributed by atoms with Crippen LogP contribution in [0.4, 0.5) is 28.8 Å².